The van der Waals surface area contributed by atoms with Gasteiger partial charge in [-0.15, -0.1) is 0 Å². The van der Waals surface area contributed by atoms with E-state index in [9.17, 15) is 4.79 Å². The summed E-state index contributed by atoms with van der Waals surface area (Å²) in [5, 5.41) is 0. The van der Waals surface area contributed by atoms with Crippen LogP contribution in [-0.4, -0.2) is 13.1 Å². The van der Waals surface area contributed by atoms with Crippen LogP contribution in [0.25, 0.3) is 0 Å². The molecule has 1 aliphatic carbocycles. The fourth-order valence-corrected chi connectivity index (χ4v) is 2.25. The molecule has 1 rings (SSSR count). The Labute approximate surface area is 74.3 Å². The van der Waals surface area contributed by atoms with Gasteiger partial charge in [-0.05, 0) is 25.7 Å². The third-order valence-corrected chi connectivity index (χ3v) is 2.90. The van der Waals surface area contributed by atoms with Gasteiger partial charge in [-0.2, -0.15) is 0 Å². The largest absolute Gasteiger partial charge is 0.469 e. The van der Waals surface area contributed by atoms with Crippen LogP contribution in [0.3, 0.4) is 0 Å². The van der Waals surface area contributed by atoms with Crippen LogP contribution in [0.4, 0.5) is 0 Å². The van der Waals surface area contributed by atoms with Crippen molar-refractivity contribution in [2.45, 2.75) is 39.5 Å². The van der Waals surface area contributed by atoms with E-state index < -0.39 is 0 Å². The molecule has 2 nitrogen and oxygen atoms in total. The molecule has 0 amide bonds. The lowest BCUT2D eigenvalue weighted by molar-refractivity contribution is -0.154. The van der Waals surface area contributed by atoms with Crippen LogP contribution in [0.5, 0.6) is 0 Å². The predicted octanol–water partition coefficient (Wildman–Crippen LogP) is 2.38. The number of rotatable bonds is 1. The second kappa shape index (κ2) is 3.46. The first-order valence-electron chi connectivity index (χ1n) is 4.67. The van der Waals surface area contributed by atoms with Gasteiger partial charge in [-0.1, -0.05) is 19.8 Å². The lowest BCUT2D eigenvalue weighted by Gasteiger charge is -2.34. The number of methoxy groups -OCH3 is 1. The molecule has 1 aliphatic rings. The zero-order valence-electron chi connectivity index (χ0n) is 8.22. The maximum absolute atomic E-state index is 11.4. The number of esters is 1. The van der Waals surface area contributed by atoms with E-state index in [4.69, 9.17) is 4.74 Å². The molecular formula is C10H18O2. The summed E-state index contributed by atoms with van der Waals surface area (Å²) in [5.41, 5.74) is -0.202. The van der Waals surface area contributed by atoms with Crippen LogP contribution in [0.1, 0.15) is 39.5 Å². The Balaban J connectivity index is 2.63. The second-order valence-electron chi connectivity index (χ2n) is 4.25. The number of ether oxygens (including phenoxy) is 1. The molecule has 0 N–H and O–H groups in total. The van der Waals surface area contributed by atoms with Gasteiger partial charge in [0.1, 0.15) is 0 Å². The van der Waals surface area contributed by atoms with E-state index in [1.165, 1.54) is 13.5 Å². The van der Waals surface area contributed by atoms with E-state index in [1.807, 2.05) is 6.92 Å². The molecule has 0 heterocycles. The summed E-state index contributed by atoms with van der Waals surface area (Å²) < 4.78 is 4.80. The van der Waals surface area contributed by atoms with Crippen LogP contribution in [-0.2, 0) is 9.53 Å². The van der Waals surface area contributed by atoms with Gasteiger partial charge in [0.25, 0.3) is 0 Å². The number of carbonyl (C=O) groups is 1. The van der Waals surface area contributed by atoms with E-state index in [2.05, 4.69) is 6.92 Å². The number of hydrogen-bond donors (Lipinski definition) is 0. The zero-order valence-corrected chi connectivity index (χ0v) is 8.22. The van der Waals surface area contributed by atoms with Crippen molar-refractivity contribution in [1.82, 2.24) is 0 Å². The van der Waals surface area contributed by atoms with Crippen molar-refractivity contribution in [2.24, 2.45) is 11.3 Å². The molecule has 1 saturated carbocycles. The van der Waals surface area contributed by atoms with Crippen LogP contribution in [0.2, 0.25) is 0 Å². The van der Waals surface area contributed by atoms with Crippen molar-refractivity contribution < 1.29 is 9.53 Å². The molecule has 0 aromatic heterocycles. The van der Waals surface area contributed by atoms with Crippen molar-refractivity contribution in [1.29, 1.82) is 0 Å². The molecule has 12 heavy (non-hydrogen) atoms. The van der Waals surface area contributed by atoms with Gasteiger partial charge in [0.2, 0.25) is 0 Å². The zero-order chi connectivity index (χ0) is 9.19. The molecule has 0 bridgehead atoms. The van der Waals surface area contributed by atoms with E-state index in [0.717, 1.165) is 19.3 Å². The first-order valence-corrected chi connectivity index (χ1v) is 4.67. The maximum Gasteiger partial charge on any atom is 0.311 e. The van der Waals surface area contributed by atoms with Gasteiger partial charge in [0.15, 0.2) is 0 Å². The highest BCUT2D eigenvalue weighted by molar-refractivity contribution is 5.76. The fraction of sp³-hybridized carbons (Fsp3) is 0.900. The highest BCUT2D eigenvalue weighted by atomic mass is 16.5. The quantitative estimate of drug-likeness (QED) is 0.565. The summed E-state index contributed by atoms with van der Waals surface area (Å²) in [4.78, 5) is 11.4. The van der Waals surface area contributed by atoms with Crippen molar-refractivity contribution in [2.75, 3.05) is 7.11 Å². The number of carbonyl (C=O) groups excluding carboxylic acids is 1. The average molecular weight is 170 g/mol. The molecule has 1 unspecified atom stereocenters. The minimum Gasteiger partial charge on any atom is -0.469 e. The Morgan fingerprint density at radius 3 is 2.75 bits per heavy atom. The van der Waals surface area contributed by atoms with Crippen LogP contribution >= 0.6 is 0 Å². The molecule has 2 atom stereocenters. The van der Waals surface area contributed by atoms with Gasteiger partial charge in [-0.25, -0.2) is 0 Å². The van der Waals surface area contributed by atoms with Crippen molar-refractivity contribution >= 4 is 5.97 Å². The average Bonchev–Trinajstić information content (AvgIpc) is 2.02. The topological polar surface area (TPSA) is 26.3 Å². The van der Waals surface area contributed by atoms with Gasteiger partial charge < -0.3 is 4.74 Å². The van der Waals surface area contributed by atoms with Crippen molar-refractivity contribution in [3.8, 4) is 0 Å². The van der Waals surface area contributed by atoms with E-state index >= 15 is 0 Å². The molecule has 0 aliphatic heterocycles. The molecule has 0 radical (unpaired) electrons. The fourth-order valence-electron chi connectivity index (χ4n) is 2.25. The van der Waals surface area contributed by atoms with Gasteiger partial charge in [-0.3, -0.25) is 4.79 Å². The molecular weight excluding hydrogens is 152 g/mol. The molecule has 0 spiro atoms. The Hall–Kier alpha value is -0.530. The Morgan fingerprint density at radius 2 is 2.25 bits per heavy atom. The molecule has 0 saturated heterocycles. The smallest absolute Gasteiger partial charge is 0.311 e. The van der Waals surface area contributed by atoms with Crippen molar-refractivity contribution in [3.63, 3.8) is 0 Å². The normalized spacial score (nSPS) is 36.1. The minimum absolute atomic E-state index is 0.0333. The summed E-state index contributed by atoms with van der Waals surface area (Å²) in [5.74, 6) is 0.636. The van der Waals surface area contributed by atoms with Crippen molar-refractivity contribution in [3.05, 3.63) is 0 Å². The summed E-state index contributed by atoms with van der Waals surface area (Å²) in [6.45, 7) is 4.23. The first-order chi connectivity index (χ1) is 5.58. The molecule has 0 aromatic carbocycles. The monoisotopic (exact) mass is 170 g/mol. The molecule has 1 fully saturated rings. The molecule has 0 aromatic rings. The SMILES string of the molecule is COC(=O)[C@]1(C)CCCC(C)C1. The van der Waals surface area contributed by atoms with E-state index in [1.54, 1.807) is 0 Å². The Kier molecular flexibility index (Phi) is 2.76. The van der Waals surface area contributed by atoms with Gasteiger partial charge in [0, 0.05) is 0 Å². The Bertz CT molecular complexity index is 177. The second-order valence-corrected chi connectivity index (χ2v) is 4.25. The van der Waals surface area contributed by atoms with Crippen LogP contribution in [0, 0.1) is 11.3 Å². The van der Waals surface area contributed by atoms with E-state index in [-0.39, 0.29) is 11.4 Å². The summed E-state index contributed by atoms with van der Waals surface area (Å²) >= 11 is 0. The first kappa shape index (κ1) is 9.56. The lowest BCUT2D eigenvalue weighted by atomic mass is 9.71. The third kappa shape index (κ3) is 1.79. The Morgan fingerprint density at radius 1 is 1.58 bits per heavy atom. The summed E-state index contributed by atoms with van der Waals surface area (Å²) in [7, 11) is 1.48. The highest BCUT2D eigenvalue weighted by Crippen LogP contribution is 2.39. The third-order valence-electron chi connectivity index (χ3n) is 2.90. The van der Waals surface area contributed by atoms with E-state index in [0.29, 0.717) is 5.92 Å². The molecule has 2 heteroatoms. The predicted molar refractivity (Wildman–Crippen MR) is 47.8 cm³/mol. The van der Waals surface area contributed by atoms with Crippen LogP contribution in [0.15, 0.2) is 0 Å². The maximum atomic E-state index is 11.4. The lowest BCUT2D eigenvalue weighted by Crippen LogP contribution is -2.33. The van der Waals surface area contributed by atoms with Gasteiger partial charge in [0.05, 0.1) is 12.5 Å². The standard InChI is InChI=1S/C10H18O2/c1-8-5-4-6-10(2,7-8)9(11)12-3/h8H,4-7H2,1-3H3/t8?,10-/m1/s1. The van der Waals surface area contributed by atoms with Gasteiger partial charge >= 0.3 is 5.97 Å². The van der Waals surface area contributed by atoms with Crippen LogP contribution < -0.4 is 0 Å². The number of hydrogen-bond acceptors (Lipinski definition) is 2. The highest BCUT2D eigenvalue weighted by Gasteiger charge is 2.37. The summed E-state index contributed by atoms with van der Waals surface area (Å²) in [6.07, 6.45) is 4.39. The minimum atomic E-state index is -0.202. The summed E-state index contributed by atoms with van der Waals surface area (Å²) in [6, 6.07) is 0. The molecule has 70 valence electrons.